The summed E-state index contributed by atoms with van der Waals surface area (Å²) in [7, 11) is 2.21. The van der Waals surface area contributed by atoms with Crippen molar-refractivity contribution >= 4 is 11.7 Å². The smallest absolute Gasteiger partial charge is 0.321 e. The maximum Gasteiger partial charge on any atom is 0.321 e. The van der Waals surface area contributed by atoms with Gasteiger partial charge >= 0.3 is 6.03 Å². The second kappa shape index (κ2) is 8.17. The van der Waals surface area contributed by atoms with Gasteiger partial charge in [0.05, 0.1) is 5.60 Å². The van der Waals surface area contributed by atoms with Gasteiger partial charge in [-0.3, -0.25) is 4.90 Å². The second-order valence-corrected chi connectivity index (χ2v) is 8.30. The number of rotatable bonds is 2. The molecule has 0 saturated carbocycles. The zero-order chi connectivity index (χ0) is 18.7. The molecule has 3 aliphatic rings. The third kappa shape index (κ3) is 4.45. The highest BCUT2D eigenvalue weighted by atomic mass is 16.5. The zero-order valence-corrected chi connectivity index (χ0v) is 16.4. The number of nitrogens with one attached hydrogen (secondary N) is 1. The number of urea groups is 1. The van der Waals surface area contributed by atoms with Crippen LogP contribution in [0.1, 0.15) is 25.7 Å². The fourth-order valence-electron chi connectivity index (χ4n) is 4.69. The third-order valence-corrected chi connectivity index (χ3v) is 6.51. The molecule has 3 saturated heterocycles. The van der Waals surface area contributed by atoms with Gasteiger partial charge in [0, 0.05) is 57.6 Å². The molecule has 0 aromatic heterocycles. The number of nitrogens with zero attached hydrogens (tertiary/aromatic N) is 3. The number of carbonyl (C=O) groups excluding carboxylic acids is 1. The lowest BCUT2D eigenvalue weighted by Gasteiger charge is -2.49. The van der Waals surface area contributed by atoms with Crippen LogP contribution < -0.4 is 5.32 Å². The minimum Gasteiger partial charge on any atom is -0.375 e. The van der Waals surface area contributed by atoms with Crippen molar-refractivity contribution in [1.29, 1.82) is 0 Å². The van der Waals surface area contributed by atoms with Gasteiger partial charge in [-0.2, -0.15) is 0 Å². The normalized spacial score (nSPS) is 26.9. The summed E-state index contributed by atoms with van der Waals surface area (Å²) >= 11 is 0. The maximum absolute atomic E-state index is 12.5. The molecule has 6 heteroatoms. The van der Waals surface area contributed by atoms with E-state index in [2.05, 4.69) is 22.2 Å². The number of amides is 2. The van der Waals surface area contributed by atoms with Crippen LogP contribution in [0, 0.1) is 0 Å². The lowest BCUT2D eigenvalue weighted by molar-refractivity contribution is -0.131. The highest BCUT2D eigenvalue weighted by Gasteiger charge is 2.42. The van der Waals surface area contributed by atoms with Crippen molar-refractivity contribution in [3.05, 3.63) is 30.3 Å². The molecule has 1 aromatic rings. The van der Waals surface area contributed by atoms with Crippen molar-refractivity contribution in [1.82, 2.24) is 14.7 Å². The minimum atomic E-state index is -0.0320. The van der Waals surface area contributed by atoms with Gasteiger partial charge < -0.3 is 19.9 Å². The summed E-state index contributed by atoms with van der Waals surface area (Å²) in [6, 6.07) is 10.3. The van der Waals surface area contributed by atoms with Crippen LogP contribution in [0.3, 0.4) is 0 Å². The number of piperidine rings is 1. The molecule has 1 atom stereocenters. The summed E-state index contributed by atoms with van der Waals surface area (Å²) in [5.41, 5.74) is 0.822. The van der Waals surface area contributed by atoms with Crippen molar-refractivity contribution < 1.29 is 9.53 Å². The van der Waals surface area contributed by atoms with Gasteiger partial charge in [-0.25, -0.2) is 4.79 Å². The number of ether oxygens (including phenoxy) is 1. The summed E-state index contributed by atoms with van der Waals surface area (Å²) < 4.78 is 6.30. The molecule has 0 aliphatic carbocycles. The maximum atomic E-state index is 12.5. The first-order chi connectivity index (χ1) is 13.1. The highest BCUT2D eigenvalue weighted by Crippen LogP contribution is 2.37. The van der Waals surface area contributed by atoms with Crippen LogP contribution in [0.4, 0.5) is 10.5 Å². The Morgan fingerprint density at radius 3 is 2.48 bits per heavy atom. The van der Waals surface area contributed by atoms with Crippen molar-refractivity contribution in [3.8, 4) is 0 Å². The molecular weight excluding hydrogens is 340 g/mol. The van der Waals surface area contributed by atoms with Crippen LogP contribution in [-0.2, 0) is 4.74 Å². The van der Waals surface area contributed by atoms with E-state index in [4.69, 9.17) is 4.74 Å². The molecule has 2 amide bonds. The first-order valence-corrected chi connectivity index (χ1v) is 10.3. The molecule has 1 unspecified atom stereocenters. The van der Waals surface area contributed by atoms with E-state index in [1.165, 1.54) is 13.1 Å². The van der Waals surface area contributed by atoms with E-state index in [-0.39, 0.29) is 11.6 Å². The monoisotopic (exact) mass is 372 g/mol. The van der Waals surface area contributed by atoms with Gasteiger partial charge in [-0.1, -0.05) is 18.2 Å². The number of benzene rings is 1. The van der Waals surface area contributed by atoms with Gasteiger partial charge in [0.25, 0.3) is 0 Å². The van der Waals surface area contributed by atoms with Crippen molar-refractivity contribution in [2.75, 3.05) is 58.2 Å². The Hall–Kier alpha value is -1.63. The van der Waals surface area contributed by atoms with Gasteiger partial charge in [0.2, 0.25) is 0 Å². The predicted octanol–water partition coefficient (Wildman–Crippen LogP) is 2.48. The Balaban J connectivity index is 1.30. The lowest BCUT2D eigenvalue weighted by Crippen LogP contribution is -2.57. The molecule has 27 heavy (non-hydrogen) atoms. The van der Waals surface area contributed by atoms with Crippen LogP contribution in [0.25, 0.3) is 0 Å². The number of hydrogen-bond donors (Lipinski definition) is 1. The average molecular weight is 373 g/mol. The Morgan fingerprint density at radius 1 is 1.07 bits per heavy atom. The second-order valence-electron chi connectivity index (χ2n) is 8.30. The molecule has 3 heterocycles. The van der Waals surface area contributed by atoms with E-state index in [0.717, 1.165) is 64.2 Å². The van der Waals surface area contributed by atoms with Crippen LogP contribution in [0.2, 0.25) is 0 Å². The quantitative estimate of drug-likeness (QED) is 0.866. The topological polar surface area (TPSA) is 48.1 Å². The Bertz CT molecular complexity index is 622. The van der Waals surface area contributed by atoms with Crippen LogP contribution >= 0.6 is 0 Å². The van der Waals surface area contributed by atoms with Crippen LogP contribution in [0.15, 0.2) is 30.3 Å². The number of piperazine rings is 1. The van der Waals surface area contributed by atoms with Crippen LogP contribution in [0.5, 0.6) is 0 Å². The summed E-state index contributed by atoms with van der Waals surface area (Å²) in [4.78, 5) is 19.6. The van der Waals surface area contributed by atoms with Crippen molar-refractivity contribution in [2.24, 2.45) is 0 Å². The fourth-order valence-corrected chi connectivity index (χ4v) is 4.69. The van der Waals surface area contributed by atoms with E-state index in [9.17, 15) is 4.79 Å². The number of likely N-dealkylation sites (N-methyl/N-ethyl adjacent to an activating group) is 1. The van der Waals surface area contributed by atoms with Gasteiger partial charge in [-0.05, 0) is 44.9 Å². The molecule has 0 radical (unpaired) electrons. The standard InChI is InChI=1S/C21H32N4O2/c1-23-12-14-24(15-13-23)19-7-16-27-21(17-19)8-10-25(11-9-21)20(26)22-18-5-3-2-4-6-18/h2-6,19H,7-17H2,1H3,(H,22,26). The SMILES string of the molecule is CN1CCN(C2CCOC3(CCN(C(=O)Nc4ccccc4)CC3)C2)CC1. The molecule has 3 fully saturated rings. The first-order valence-electron chi connectivity index (χ1n) is 10.3. The van der Waals surface area contributed by atoms with E-state index in [1.54, 1.807) is 0 Å². The molecule has 1 spiro atoms. The van der Waals surface area contributed by atoms with Crippen LogP contribution in [-0.4, -0.2) is 85.3 Å². The highest BCUT2D eigenvalue weighted by molar-refractivity contribution is 5.89. The largest absolute Gasteiger partial charge is 0.375 e. The predicted molar refractivity (Wildman–Crippen MR) is 107 cm³/mol. The Morgan fingerprint density at radius 2 is 1.78 bits per heavy atom. The Kier molecular flexibility index (Phi) is 5.66. The third-order valence-electron chi connectivity index (χ3n) is 6.51. The van der Waals surface area contributed by atoms with E-state index in [1.807, 2.05) is 35.2 Å². The molecule has 3 aliphatic heterocycles. The zero-order valence-electron chi connectivity index (χ0n) is 16.4. The van der Waals surface area contributed by atoms with E-state index >= 15 is 0 Å². The number of carbonyl (C=O) groups is 1. The summed E-state index contributed by atoms with van der Waals surface area (Å²) in [6.07, 6.45) is 4.15. The van der Waals surface area contributed by atoms with Crippen molar-refractivity contribution in [2.45, 2.75) is 37.3 Å². The molecule has 0 bridgehead atoms. The average Bonchev–Trinajstić information content (AvgIpc) is 2.70. The number of hydrogen-bond acceptors (Lipinski definition) is 4. The Labute approximate surface area is 162 Å². The van der Waals surface area contributed by atoms with Gasteiger partial charge in [-0.15, -0.1) is 0 Å². The van der Waals surface area contributed by atoms with Gasteiger partial charge in [0.15, 0.2) is 0 Å². The summed E-state index contributed by atoms with van der Waals surface area (Å²) in [5, 5.41) is 3.00. The molecule has 1 aromatic carbocycles. The summed E-state index contributed by atoms with van der Waals surface area (Å²) in [5.74, 6) is 0. The number of anilines is 1. The molecule has 4 rings (SSSR count). The molecule has 6 nitrogen and oxygen atoms in total. The lowest BCUT2D eigenvalue weighted by atomic mass is 9.81. The molecule has 148 valence electrons. The number of likely N-dealkylation sites (tertiary alicyclic amines) is 1. The molecule has 1 N–H and O–H groups in total. The van der Waals surface area contributed by atoms with E-state index < -0.39 is 0 Å². The first kappa shape index (κ1) is 18.7. The minimum absolute atomic E-state index is 0.00229. The number of para-hydroxylation sites is 1. The van der Waals surface area contributed by atoms with E-state index in [0.29, 0.717) is 6.04 Å². The summed E-state index contributed by atoms with van der Waals surface area (Å²) in [6.45, 7) is 7.07. The van der Waals surface area contributed by atoms with Gasteiger partial charge in [0.1, 0.15) is 0 Å². The molecular formula is C21H32N4O2. The van der Waals surface area contributed by atoms with Crippen molar-refractivity contribution in [3.63, 3.8) is 0 Å². The fraction of sp³-hybridized carbons (Fsp3) is 0.667.